The first kappa shape index (κ1) is 16.9. The number of anilines is 1. The number of hydrogen-bond donors (Lipinski definition) is 0. The predicted molar refractivity (Wildman–Crippen MR) is 98.7 cm³/mol. The molecule has 4 rings (SSSR count). The van der Waals surface area contributed by atoms with E-state index in [-0.39, 0.29) is 0 Å². The molecule has 2 aromatic heterocycles. The molecule has 0 radical (unpaired) electrons. The molecule has 0 aromatic carbocycles. The van der Waals surface area contributed by atoms with Gasteiger partial charge in [-0.25, -0.2) is 18.4 Å². The van der Waals surface area contributed by atoms with Gasteiger partial charge in [-0.3, -0.25) is 0 Å². The first-order chi connectivity index (χ1) is 12.1. The Morgan fingerprint density at radius 3 is 2.56 bits per heavy atom. The Bertz CT molecular complexity index is 859. The zero-order valence-corrected chi connectivity index (χ0v) is 15.9. The van der Waals surface area contributed by atoms with Gasteiger partial charge in [0.2, 0.25) is 5.95 Å². The summed E-state index contributed by atoms with van der Waals surface area (Å²) in [5, 5.41) is 1.80. The van der Waals surface area contributed by atoms with Gasteiger partial charge in [0.1, 0.15) is 4.21 Å². The summed E-state index contributed by atoms with van der Waals surface area (Å²) in [6, 6.07) is 3.45. The van der Waals surface area contributed by atoms with Gasteiger partial charge in [0.05, 0.1) is 5.69 Å². The van der Waals surface area contributed by atoms with E-state index in [9.17, 15) is 8.42 Å². The van der Waals surface area contributed by atoms with E-state index in [1.807, 2.05) is 6.92 Å². The molecule has 0 atom stereocenters. The van der Waals surface area contributed by atoms with Gasteiger partial charge in [-0.15, -0.1) is 11.3 Å². The molecule has 0 bridgehead atoms. The number of sulfonamides is 1. The summed E-state index contributed by atoms with van der Waals surface area (Å²) in [5.74, 6) is 0.809. The second-order valence-electron chi connectivity index (χ2n) is 6.56. The molecular formula is C17H22N4O2S2. The smallest absolute Gasteiger partial charge is 0.252 e. The minimum atomic E-state index is -3.41. The van der Waals surface area contributed by atoms with Crippen LogP contribution in [0.2, 0.25) is 0 Å². The molecule has 6 nitrogen and oxygen atoms in total. The van der Waals surface area contributed by atoms with Crippen LogP contribution in [0.3, 0.4) is 0 Å². The van der Waals surface area contributed by atoms with Gasteiger partial charge in [0.15, 0.2) is 0 Å². The van der Waals surface area contributed by atoms with Gasteiger partial charge >= 0.3 is 0 Å². The molecule has 2 aliphatic rings. The molecule has 0 saturated carbocycles. The Labute approximate surface area is 152 Å². The zero-order chi connectivity index (χ0) is 17.4. The first-order valence-corrected chi connectivity index (χ1v) is 11.0. The highest BCUT2D eigenvalue weighted by molar-refractivity contribution is 7.91. The van der Waals surface area contributed by atoms with Crippen LogP contribution in [0, 0.1) is 6.92 Å². The normalized spacial score (nSPS) is 19.0. The van der Waals surface area contributed by atoms with Crippen LogP contribution in [0.4, 0.5) is 5.95 Å². The van der Waals surface area contributed by atoms with Crippen LogP contribution < -0.4 is 4.90 Å². The fourth-order valence-corrected chi connectivity index (χ4v) is 6.17. The molecule has 1 saturated heterocycles. The monoisotopic (exact) mass is 378 g/mol. The van der Waals surface area contributed by atoms with E-state index < -0.39 is 10.0 Å². The summed E-state index contributed by atoms with van der Waals surface area (Å²) >= 11 is 1.27. The van der Waals surface area contributed by atoms with Crippen molar-refractivity contribution in [3.05, 3.63) is 34.5 Å². The summed E-state index contributed by atoms with van der Waals surface area (Å²) in [5.41, 5.74) is 3.12. The quantitative estimate of drug-likeness (QED) is 0.819. The molecule has 0 spiro atoms. The summed E-state index contributed by atoms with van der Waals surface area (Å²) in [4.78, 5) is 11.7. The van der Waals surface area contributed by atoms with Crippen LogP contribution in [0.25, 0.3) is 0 Å². The Kier molecular flexibility index (Phi) is 4.51. The SMILES string of the molecule is Cc1nc(N2CCCC2)nc2c1CCN(S(=O)(=O)c1cccs1)CC2. The minimum absolute atomic E-state index is 0.416. The van der Waals surface area contributed by atoms with E-state index in [0.717, 1.165) is 36.0 Å². The highest BCUT2D eigenvalue weighted by atomic mass is 32.2. The molecule has 2 aliphatic heterocycles. The van der Waals surface area contributed by atoms with E-state index in [1.54, 1.807) is 21.8 Å². The average molecular weight is 379 g/mol. The number of hydrogen-bond acceptors (Lipinski definition) is 6. The third kappa shape index (κ3) is 3.18. The number of rotatable bonds is 3. The Morgan fingerprint density at radius 1 is 1.08 bits per heavy atom. The van der Waals surface area contributed by atoms with Crippen LogP contribution in [0.1, 0.15) is 29.8 Å². The lowest BCUT2D eigenvalue weighted by molar-refractivity contribution is 0.427. The third-order valence-corrected chi connectivity index (χ3v) is 8.25. The zero-order valence-electron chi connectivity index (χ0n) is 14.3. The number of aromatic nitrogens is 2. The van der Waals surface area contributed by atoms with Crippen LogP contribution in [0.5, 0.6) is 0 Å². The second kappa shape index (κ2) is 6.66. The van der Waals surface area contributed by atoms with Crippen molar-refractivity contribution in [3.8, 4) is 0 Å². The van der Waals surface area contributed by atoms with E-state index in [0.29, 0.717) is 30.1 Å². The summed E-state index contributed by atoms with van der Waals surface area (Å²) in [7, 11) is -3.41. The van der Waals surface area contributed by atoms with Gasteiger partial charge < -0.3 is 4.90 Å². The van der Waals surface area contributed by atoms with Gasteiger partial charge in [-0.05, 0) is 43.2 Å². The first-order valence-electron chi connectivity index (χ1n) is 8.71. The standard InChI is InChI=1S/C17H22N4O2S2/c1-13-14-6-10-21(25(22,23)16-5-4-12-24-16)11-7-15(14)19-17(18-13)20-8-2-3-9-20/h4-5,12H,2-3,6-11H2,1H3. The number of fused-ring (bicyclic) bond motifs is 1. The Balaban J connectivity index is 1.60. The molecule has 0 N–H and O–H groups in total. The molecule has 0 amide bonds. The van der Waals surface area contributed by atoms with Gasteiger partial charge in [-0.2, -0.15) is 4.31 Å². The third-order valence-electron chi connectivity index (χ3n) is 4.98. The van der Waals surface area contributed by atoms with Crippen molar-refractivity contribution >= 4 is 27.3 Å². The number of aryl methyl sites for hydroxylation is 1. The van der Waals surface area contributed by atoms with Gasteiger partial charge in [0, 0.05) is 38.3 Å². The maximum atomic E-state index is 12.8. The lowest BCUT2D eigenvalue weighted by Crippen LogP contribution is -2.32. The van der Waals surface area contributed by atoms with Crippen LogP contribution >= 0.6 is 11.3 Å². The maximum Gasteiger partial charge on any atom is 0.252 e. The second-order valence-corrected chi connectivity index (χ2v) is 9.68. The van der Waals surface area contributed by atoms with Crippen molar-refractivity contribution < 1.29 is 8.42 Å². The lowest BCUT2D eigenvalue weighted by Gasteiger charge is -2.18. The van der Waals surface area contributed by atoms with E-state index >= 15 is 0 Å². The van der Waals surface area contributed by atoms with Crippen molar-refractivity contribution in [2.45, 2.75) is 36.8 Å². The van der Waals surface area contributed by atoms with Crippen molar-refractivity contribution in [2.24, 2.45) is 0 Å². The Morgan fingerprint density at radius 2 is 1.84 bits per heavy atom. The molecule has 8 heteroatoms. The van der Waals surface area contributed by atoms with Gasteiger partial charge in [0.25, 0.3) is 10.0 Å². The van der Waals surface area contributed by atoms with Crippen LogP contribution in [-0.2, 0) is 22.9 Å². The molecule has 2 aromatic rings. The molecule has 134 valence electrons. The molecule has 0 unspecified atom stereocenters. The molecule has 4 heterocycles. The van der Waals surface area contributed by atoms with E-state index in [1.165, 1.54) is 24.2 Å². The largest absolute Gasteiger partial charge is 0.341 e. The Hall–Kier alpha value is -1.51. The fourth-order valence-electron chi connectivity index (χ4n) is 3.59. The molecule has 25 heavy (non-hydrogen) atoms. The van der Waals surface area contributed by atoms with Gasteiger partial charge in [-0.1, -0.05) is 6.07 Å². The van der Waals surface area contributed by atoms with Crippen molar-refractivity contribution in [1.82, 2.24) is 14.3 Å². The van der Waals surface area contributed by atoms with E-state index in [2.05, 4.69) is 4.90 Å². The predicted octanol–water partition coefficient (Wildman–Crippen LogP) is 2.24. The van der Waals surface area contributed by atoms with Crippen LogP contribution in [0.15, 0.2) is 21.7 Å². The minimum Gasteiger partial charge on any atom is -0.341 e. The number of thiophene rings is 1. The van der Waals surface area contributed by atoms with E-state index in [4.69, 9.17) is 9.97 Å². The highest BCUT2D eigenvalue weighted by Gasteiger charge is 2.29. The maximum absolute atomic E-state index is 12.8. The molecule has 1 fully saturated rings. The lowest BCUT2D eigenvalue weighted by atomic mass is 10.1. The fraction of sp³-hybridized carbons (Fsp3) is 0.529. The number of nitrogens with zero attached hydrogens (tertiary/aromatic N) is 4. The summed E-state index contributed by atoms with van der Waals surface area (Å²) in [6.07, 6.45) is 3.69. The topological polar surface area (TPSA) is 66.4 Å². The van der Waals surface area contributed by atoms with Crippen molar-refractivity contribution in [2.75, 3.05) is 31.1 Å². The highest BCUT2D eigenvalue weighted by Crippen LogP contribution is 2.26. The van der Waals surface area contributed by atoms with Crippen molar-refractivity contribution in [1.29, 1.82) is 0 Å². The molecule has 0 aliphatic carbocycles. The average Bonchev–Trinajstić information content (AvgIpc) is 3.26. The summed E-state index contributed by atoms with van der Waals surface area (Å²) < 4.78 is 27.6. The van der Waals surface area contributed by atoms with Crippen LogP contribution in [-0.4, -0.2) is 48.9 Å². The van der Waals surface area contributed by atoms with Crippen molar-refractivity contribution in [3.63, 3.8) is 0 Å². The molecular weight excluding hydrogens is 356 g/mol. The summed E-state index contributed by atoms with van der Waals surface area (Å²) in [6.45, 7) is 5.00.